The lowest BCUT2D eigenvalue weighted by Crippen LogP contribution is -2.61. The molecule has 2 fully saturated rings. The minimum atomic E-state index is -2.05. The van der Waals surface area contributed by atoms with Crippen molar-refractivity contribution in [1.82, 2.24) is 4.90 Å². The third-order valence-corrected chi connectivity index (χ3v) is 11.6. The van der Waals surface area contributed by atoms with Crippen LogP contribution in [-0.2, 0) is 44.5 Å². The Hall–Kier alpha value is -3.31. The molecule has 14 atom stereocenters. The van der Waals surface area contributed by atoms with Gasteiger partial charge in [0.25, 0.3) is 5.69 Å². The quantitative estimate of drug-likeness (QED) is 0.127. The number of hydrogen-bond donors (Lipinski definition) is 3. The van der Waals surface area contributed by atoms with Crippen LogP contribution < -0.4 is 0 Å². The Balaban J connectivity index is 2.22. The summed E-state index contributed by atoms with van der Waals surface area (Å²) in [5.74, 6) is -6.22. The molecular weight excluding hydrogens is 716 g/mol. The molecule has 0 bridgehead atoms. The Morgan fingerprint density at radius 2 is 1.76 bits per heavy atom. The molecule has 0 aromatic heterocycles. The minimum Gasteiger partial charge on any atom is -0.461 e. The maximum atomic E-state index is 14.1. The van der Waals surface area contributed by atoms with Crippen molar-refractivity contribution in [2.75, 3.05) is 20.7 Å². The van der Waals surface area contributed by atoms with E-state index in [1.165, 1.54) is 46.1 Å². The van der Waals surface area contributed by atoms with Crippen molar-refractivity contribution < 1.29 is 58.3 Å². The van der Waals surface area contributed by atoms with E-state index < -0.39 is 107 Å². The second kappa shape index (κ2) is 19.2. The highest BCUT2D eigenvalue weighted by atomic mass is 16.7. The van der Waals surface area contributed by atoms with Gasteiger partial charge in [-0.15, -0.1) is 6.58 Å². The summed E-state index contributed by atoms with van der Waals surface area (Å²) in [6, 6.07) is 5.33. The minimum absolute atomic E-state index is 0.00160. The van der Waals surface area contributed by atoms with E-state index in [9.17, 15) is 39.8 Å². The summed E-state index contributed by atoms with van der Waals surface area (Å²) < 4.78 is 31.0. The zero-order valence-electron chi connectivity index (χ0n) is 33.9. The number of carbonyl (C=O) groups excluding carboxylic acids is 3. The van der Waals surface area contributed by atoms with Crippen molar-refractivity contribution in [1.29, 1.82) is 0 Å². The topological polar surface area (TPSA) is 204 Å². The Morgan fingerprint density at radius 1 is 1.13 bits per heavy atom. The first-order chi connectivity index (χ1) is 25.6. The van der Waals surface area contributed by atoms with Gasteiger partial charge in [-0.3, -0.25) is 29.4 Å². The van der Waals surface area contributed by atoms with Gasteiger partial charge >= 0.3 is 11.9 Å². The van der Waals surface area contributed by atoms with Crippen LogP contribution in [0.4, 0.5) is 5.69 Å². The van der Waals surface area contributed by atoms with E-state index >= 15 is 0 Å². The summed E-state index contributed by atoms with van der Waals surface area (Å²) in [7, 11) is 3.27. The molecule has 1 aromatic carbocycles. The number of likely N-dealkylation sites (N-methyl/N-ethyl adjacent to an activating group) is 1. The van der Waals surface area contributed by atoms with Crippen LogP contribution >= 0.6 is 0 Å². The fourth-order valence-electron chi connectivity index (χ4n) is 8.23. The number of hydrogen-bond acceptors (Lipinski definition) is 14. The molecule has 0 aliphatic carbocycles. The van der Waals surface area contributed by atoms with E-state index in [4.69, 9.17) is 23.7 Å². The number of ketones is 1. The first kappa shape index (κ1) is 46.1. The number of benzene rings is 1. The van der Waals surface area contributed by atoms with Gasteiger partial charge in [-0.25, -0.2) is 0 Å². The summed E-state index contributed by atoms with van der Waals surface area (Å²) in [6.07, 6.45) is -6.40. The summed E-state index contributed by atoms with van der Waals surface area (Å²) in [6.45, 7) is 17.1. The molecule has 3 rings (SSSR count). The molecule has 0 radical (unpaired) electrons. The SMILES string of the molecule is C=CCN(C)[C@H]1C[C@@H](C)O[C@@H](O[C@@H]2[C@@H](C)[C@H](OC(=O)Cc3ccccc3[N+](=O)[O-])[C@@H](C)C(=O)O[C@H](CC)[C@@](C)(O)[C@H](O)[C@@H](C)C(=O)[C@H](C)C[C@@]2(C)OC)[C@@H]1O. The summed E-state index contributed by atoms with van der Waals surface area (Å²) in [4.78, 5) is 54.9. The molecule has 15 heteroatoms. The third-order valence-electron chi connectivity index (χ3n) is 11.6. The number of Topliss-reactive ketones (excluding diaryl/α,β-unsaturated/α-hetero) is 1. The highest BCUT2D eigenvalue weighted by Gasteiger charge is 2.53. The van der Waals surface area contributed by atoms with Gasteiger partial charge < -0.3 is 39.0 Å². The number of carbonyl (C=O) groups is 3. The molecule has 1 aromatic rings. The van der Waals surface area contributed by atoms with E-state index in [1.807, 2.05) is 18.9 Å². The summed E-state index contributed by atoms with van der Waals surface area (Å²) >= 11 is 0. The van der Waals surface area contributed by atoms with Crippen LogP contribution in [0.25, 0.3) is 0 Å². The van der Waals surface area contributed by atoms with E-state index in [-0.39, 0.29) is 30.2 Å². The smallest absolute Gasteiger partial charge is 0.312 e. The number of nitrogens with zero attached hydrogens (tertiary/aromatic N) is 2. The maximum Gasteiger partial charge on any atom is 0.312 e. The van der Waals surface area contributed by atoms with Crippen LogP contribution in [-0.4, -0.2) is 124 Å². The van der Waals surface area contributed by atoms with E-state index in [0.29, 0.717) is 13.0 Å². The lowest BCUT2D eigenvalue weighted by Gasteiger charge is -2.48. The summed E-state index contributed by atoms with van der Waals surface area (Å²) in [5.41, 5.74) is -3.64. The molecule has 2 heterocycles. The largest absolute Gasteiger partial charge is 0.461 e. The first-order valence-electron chi connectivity index (χ1n) is 19.1. The number of nitro groups is 1. The molecule has 310 valence electrons. The van der Waals surface area contributed by atoms with Gasteiger partial charge in [0.15, 0.2) is 6.29 Å². The van der Waals surface area contributed by atoms with E-state index in [1.54, 1.807) is 39.8 Å². The average molecular weight is 779 g/mol. The fraction of sp³-hybridized carbons (Fsp3) is 0.725. The van der Waals surface area contributed by atoms with Crippen molar-refractivity contribution in [3.8, 4) is 0 Å². The van der Waals surface area contributed by atoms with Gasteiger partial charge in [0, 0.05) is 49.1 Å². The molecule has 0 saturated carbocycles. The summed E-state index contributed by atoms with van der Waals surface area (Å²) in [5, 5.41) is 46.4. The molecule has 55 heavy (non-hydrogen) atoms. The zero-order chi connectivity index (χ0) is 41.6. The molecule has 15 nitrogen and oxygen atoms in total. The van der Waals surface area contributed by atoms with Gasteiger partial charge in [0.2, 0.25) is 0 Å². The predicted molar refractivity (Wildman–Crippen MR) is 202 cm³/mol. The number of aliphatic hydroxyl groups is 3. The Bertz CT molecular complexity index is 1500. The van der Waals surface area contributed by atoms with Crippen LogP contribution in [0.3, 0.4) is 0 Å². The van der Waals surface area contributed by atoms with Crippen molar-refractivity contribution in [3.05, 3.63) is 52.6 Å². The number of cyclic esters (lactones) is 1. The molecule has 2 aliphatic heterocycles. The van der Waals surface area contributed by atoms with Gasteiger partial charge in [0.05, 0.1) is 41.2 Å². The standard InChI is InChI=1S/C40H62N2O13/c1-12-18-41(10)29-19-23(4)52-38(33(29)45)55-36-25(6)34(54-31(43)20-27-16-14-15-17-28(27)42(49)50)26(7)37(47)53-30(13-2)40(9,48)35(46)24(5)32(44)22(3)21-39(36,8)51-11/h12,14-17,22-26,29-30,33-36,38,45-46,48H,1,13,18-21H2,2-11H3/t22-,23-,24+,25+,26-,29+,30-,33-,34+,35-,36-,38+,39-,40-/m1/s1. The van der Waals surface area contributed by atoms with Crippen molar-refractivity contribution in [2.45, 2.75) is 141 Å². The number of esters is 2. The second-order valence-corrected chi connectivity index (χ2v) is 15.9. The molecule has 2 saturated heterocycles. The van der Waals surface area contributed by atoms with Crippen LogP contribution in [0.1, 0.15) is 80.2 Å². The van der Waals surface area contributed by atoms with E-state index in [0.717, 1.165) is 0 Å². The van der Waals surface area contributed by atoms with Crippen LogP contribution in [0.2, 0.25) is 0 Å². The molecule has 3 N–H and O–H groups in total. The second-order valence-electron chi connectivity index (χ2n) is 15.9. The number of nitro benzene ring substituents is 1. The Kier molecular flexibility index (Phi) is 16.1. The average Bonchev–Trinajstić information content (AvgIpc) is 3.13. The fourth-order valence-corrected chi connectivity index (χ4v) is 8.23. The van der Waals surface area contributed by atoms with Gasteiger partial charge in [-0.2, -0.15) is 0 Å². The lowest BCUT2D eigenvalue weighted by molar-refractivity contribution is -0.385. The zero-order valence-corrected chi connectivity index (χ0v) is 33.9. The maximum absolute atomic E-state index is 14.1. The number of para-hydroxylation sites is 1. The highest BCUT2D eigenvalue weighted by molar-refractivity contribution is 5.83. The van der Waals surface area contributed by atoms with Crippen molar-refractivity contribution in [3.63, 3.8) is 0 Å². The van der Waals surface area contributed by atoms with Gasteiger partial charge in [0.1, 0.15) is 29.7 Å². The van der Waals surface area contributed by atoms with Crippen LogP contribution in [0.15, 0.2) is 36.9 Å². The highest BCUT2D eigenvalue weighted by Crippen LogP contribution is 2.40. The van der Waals surface area contributed by atoms with Crippen molar-refractivity contribution >= 4 is 23.4 Å². The van der Waals surface area contributed by atoms with Gasteiger partial charge in [-0.05, 0) is 54.0 Å². The monoisotopic (exact) mass is 778 g/mol. The Labute approximate surface area is 324 Å². The number of methoxy groups -OCH3 is 1. The predicted octanol–water partition coefficient (Wildman–Crippen LogP) is 3.77. The molecular formula is C40H62N2O13. The van der Waals surface area contributed by atoms with Crippen LogP contribution in [0, 0.1) is 33.8 Å². The van der Waals surface area contributed by atoms with E-state index in [2.05, 4.69) is 6.58 Å². The number of aliphatic hydroxyl groups excluding tert-OH is 2. The molecule has 0 unspecified atom stereocenters. The number of rotatable bonds is 11. The normalized spacial score (nSPS) is 38.1. The van der Waals surface area contributed by atoms with Crippen LogP contribution in [0.5, 0.6) is 0 Å². The number of ether oxygens (including phenoxy) is 5. The Morgan fingerprint density at radius 3 is 2.35 bits per heavy atom. The molecule has 0 amide bonds. The van der Waals surface area contributed by atoms with Crippen molar-refractivity contribution in [2.24, 2.45) is 23.7 Å². The third kappa shape index (κ3) is 10.6. The molecule has 2 aliphatic rings. The van der Waals surface area contributed by atoms with Gasteiger partial charge in [-0.1, -0.05) is 52.0 Å². The molecule has 0 spiro atoms. The lowest BCUT2D eigenvalue weighted by atomic mass is 9.74. The first-order valence-corrected chi connectivity index (χ1v) is 19.1.